The second-order valence-corrected chi connectivity index (χ2v) is 4.62. The molecule has 80 valence electrons. The minimum atomic E-state index is 0.0385. The van der Waals surface area contributed by atoms with Gasteiger partial charge >= 0.3 is 0 Å². The molecule has 1 aromatic carbocycles. The monoisotopic (exact) mass is 203 g/mol. The predicted molar refractivity (Wildman–Crippen MR) is 61.0 cm³/mol. The standard InChI is InChI=1S/C13H17NO/c1-13(2,3)11-9-10(7-8-14)5-6-12(11)15-4/h5-6,9H,7H2,1-4H3. The quantitative estimate of drug-likeness (QED) is 0.740. The van der Waals surface area contributed by atoms with Crippen molar-refractivity contribution in [3.05, 3.63) is 29.3 Å². The molecule has 0 fully saturated rings. The van der Waals surface area contributed by atoms with Crippen molar-refractivity contribution in [2.75, 3.05) is 7.11 Å². The number of nitrogens with zero attached hydrogens (tertiary/aromatic N) is 1. The summed E-state index contributed by atoms with van der Waals surface area (Å²) in [6.07, 6.45) is 0.451. The summed E-state index contributed by atoms with van der Waals surface area (Å²) >= 11 is 0. The molecule has 0 spiro atoms. The van der Waals surface area contributed by atoms with Gasteiger partial charge in [0.25, 0.3) is 0 Å². The van der Waals surface area contributed by atoms with Crippen molar-refractivity contribution in [2.24, 2.45) is 0 Å². The molecule has 0 aliphatic carbocycles. The van der Waals surface area contributed by atoms with E-state index in [1.807, 2.05) is 12.1 Å². The third-order valence-corrected chi connectivity index (χ3v) is 2.36. The van der Waals surface area contributed by atoms with Gasteiger partial charge in [0.05, 0.1) is 19.6 Å². The Kier molecular flexibility index (Phi) is 3.36. The SMILES string of the molecule is COc1ccc(CC#N)cc1C(C)(C)C. The fourth-order valence-corrected chi connectivity index (χ4v) is 1.54. The van der Waals surface area contributed by atoms with Gasteiger partial charge in [-0.1, -0.05) is 32.9 Å². The molecule has 0 saturated heterocycles. The summed E-state index contributed by atoms with van der Waals surface area (Å²) in [5, 5.41) is 8.66. The first-order valence-corrected chi connectivity index (χ1v) is 5.03. The molecule has 2 heteroatoms. The van der Waals surface area contributed by atoms with E-state index in [0.29, 0.717) is 6.42 Å². The summed E-state index contributed by atoms with van der Waals surface area (Å²) in [6.45, 7) is 6.42. The molecule has 0 aliphatic rings. The maximum Gasteiger partial charge on any atom is 0.122 e. The molecular weight excluding hydrogens is 186 g/mol. The average molecular weight is 203 g/mol. The number of ether oxygens (including phenoxy) is 1. The van der Waals surface area contributed by atoms with E-state index in [4.69, 9.17) is 10.00 Å². The van der Waals surface area contributed by atoms with Crippen LogP contribution < -0.4 is 4.74 Å². The van der Waals surface area contributed by atoms with Gasteiger partial charge in [-0.05, 0) is 22.6 Å². The van der Waals surface area contributed by atoms with Gasteiger partial charge in [-0.25, -0.2) is 0 Å². The fraction of sp³-hybridized carbons (Fsp3) is 0.462. The van der Waals surface area contributed by atoms with Crippen molar-refractivity contribution >= 4 is 0 Å². The van der Waals surface area contributed by atoms with Crippen molar-refractivity contribution in [3.63, 3.8) is 0 Å². The Morgan fingerprint density at radius 1 is 1.33 bits per heavy atom. The van der Waals surface area contributed by atoms with Crippen LogP contribution >= 0.6 is 0 Å². The summed E-state index contributed by atoms with van der Waals surface area (Å²) in [6, 6.07) is 8.10. The van der Waals surface area contributed by atoms with Crippen LogP contribution in [0.25, 0.3) is 0 Å². The van der Waals surface area contributed by atoms with Gasteiger partial charge in [-0.3, -0.25) is 0 Å². The van der Waals surface area contributed by atoms with E-state index in [1.165, 1.54) is 0 Å². The Balaban J connectivity index is 3.21. The summed E-state index contributed by atoms with van der Waals surface area (Å²) in [7, 11) is 1.68. The molecule has 0 aromatic heterocycles. The van der Waals surface area contributed by atoms with Crippen LogP contribution in [0.15, 0.2) is 18.2 Å². The van der Waals surface area contributed by atoms with E-state index >= 15 is 0 Å². The number of hydrogen-bond donors (Lipinski definition) is 0. The largest absolute Gasteiger partial charge is 0.496 e. The Bertz CT molecular complexity index is 383. The Hall–Kier alpha value is -1.49. The van der Waals surface area contributed by atoms with Crippen LogP contribution in [0.4, 0.5) is 0 Å². The molecule has 0 bridgehead atoms. The van der Waals surface area contributed by atoms with Gasteiger partial charge < -0.3 is 4.74 Å². The molecule has 0 heterocycles. The van der Waals surface area contributed by atoms with Crippen LogP contribution in [-0.4, -0.2) is 7.11 Å². The van der Waals surface area contributed by atoms with E-state index in [-0.39, 0.29) is 5.41 Å². The van der Waals surface area contributed by atoms with E-state index in [2.05, 4.69) is 32.9 Å². The lowest BCUT2D eigenvalue weighted by Gasteiger charge is -2.22. The van der Waals surface area contributed by atoms with Crippen molar-refractivity contribution in [1.29, 1.82) is 5.26 Å². The van der Waals surface area contributed by atoms with Crippen LogP contribution in [0.2, 0.25) is 0 Å². The Morgan fingerprint density at radius 2 is 2.00 bits per heavy atom. The van der Waals surface area contributed by atoms with Gasteiger partial charge in [0.15, 0.2) is 0 Å². The van der Waals surface area contributed by atoms with Crippen LogP contribution in [0.1, 0.15) is 31.9 Å². The lowest BCUT2D eigenvalue weighted by atomic mass is 9.85. The lowest BCUT2D eigenvalue weighted by molar-refractivity contribution is 0.397. The minimum absolute atomic E-state index is 0.0385. The van der Waals surface area contributed by atoms with Gasteiger partial charge in [-0.15, -0.1) is 0 Å². The smallest absolute Gasteiger partial charge is 0.122 e. The molecule has 2 nitrogen and oxygen atoms in total. The first-order valence-electron chi connectivity index (χ1n) is 5.03. The molecule has 15 heavy (non-hydrogen) atoms. The van der Waals surface area contributed by atoms with Crippen molar-refractivity contribution in [3.8, 4) is 11.8 Å². The number of benzene rings is 1. The number of hydrogen-bond acceptors (Lipinski definition) is 2. The second kappa shape index (κ2) is 4.35. The van der Waals surface area contributed by atoms with Gasteiger partial charge in [0.2, 0.25) is 0 Å². The first-order chi connectivity index (χ1) is 6.99. The normalized spacial score (nSPS) is 10.9. The average Bonchev–Trinajstić information content (AvgIpc) is 2.17. The number of nitriles is 1. The number of rotatable bonds is 2. The van der Waals surface area contributed by atoms with E-state index in [1.54, 1.807) is 7.11 Å². The Morgan fingerprint density at radius 3 is 2.47 bits per heavy atom. The minimum Gasteiger partial charge on any atom is -0.496 e. The summed E-state index contributed by atoms with van der Waals surface area (Å²) in [4.78, 5) is 0. The zero-order valence-corrected chi connectivity index (χ0v) is 9.79. The van der Waals surface area contributed by atoms with Gasteiger partial charge in [0, 0.05) is 0 Å². The van der Waals surface area contributed by atoms with Crippen LogP contribution in [-0.2, 0) is 11.8 Å². The molecule has 1 rings (SSSR count). The molecule has 0 radical (unpaired) electrons. The van der Waals surface area contributed by atoms with Gasteiger partial charge in [0.1, 0.15) is 5.75 Å². The highest BCUT2D eigenvalue weighted by atomic mass is 16.5. The zero-order valence-electron chi connectivity index (χ0n) is 9.79. The lowest BCUT2D eigenvalue weighted by Crippen LogP contribution is -2.13. The van der Waals surface area contributed by atoms with E-state index < -0.39 is 0 Å². The maximum atomic E-state index is 8.66. The summed E-state index contributed by atoms with van der Waals surface area (Å²) in [5.74, 6) is 0.893. The summed E-state index contributed by atoms with van der Waals surface area (Å²) < 4.78 is 5.32. The van der Waals surface area contributed by atoms with Crippen LogP contribution in [0.3, 0.4) is 0 Å². The first kappa shape index (κ1) is 11.6. The highest BCUT2D eigenvalue weighted by molar-refractivity contribution is 5.42. The molecule has 0 aliphatic heterocycles. The van der Waals surface area contributed by atoms with Gasteiger partial charge in [-0.2, -0.15) is 5.26 Å². The van der Waals surface area contributed by atoms with Crippen LogP contribution in [0.5, 0.6) is 5.75 Å². The molecule has 0 saturated carbocycles. The topological polar surface area (TPSA) is 33.0 Å². The fourth-order valence-electron chi connectivity index (χ4n) is 1.54. The highest BCUT2D eigenvalue weighted by Crippen LogP contribution is 2.31. The number of methoxy groups -OCH3 is 1. The second-order valence-electron chi connectivity index (χ2n) is 4.62. The van der Waals surface area contributed by atoms with Crippen molar-refractivity contribution in [1.82, 2.24) is 0 Å². The molecule has 1 aromatic rings. The Labute approximate surface area is 91.5 Å². The van der Waals surface area contributed by atoms with Crippen LogP contribution in [0, 0.1) is 11.3 Å². The van der Waals surface area contributed by atoms with E-state index in [9.17, 15) is 0 Å². The molecular formula is C13H17NO. The summed E-state index contributed by atoms with van der Waals surface area (Å²) in [5.41, 5.74) is 2.23. The predicted octanol–water partition coefficient (Wildman–Crippen LogP) is 3.06. The van der Waals surface area contributed by atoms with Crippen molar-refractivity contribution in [2.45, 2.75) is 32.6 Å². The van der Waals surface area contributed by atoms with E-state index in [0.717, 1.165) is 16.9 Å². The highest BCUT2D eigenvalue weighted by Gasteiger charge is 2.18. The molecule has 0 unspecified atom stereocenters. The molecule has 0 atom stereocenters. The molecule has 0 N–H and O–H groups in total. The molecule has 0 amide bonds. The van der Waals surface area contributed by atoms with Crippen molar-refractivity contribution < 1.29 is 4.74 Å². The maximum absolute atomic E-state index is 8.66. The zero-order chi connectivity index (χ0) is 11.5. The third-order valence-electron chi connectivity index (χ3n) is 2.36. The third kappa shape index (κ3) is 2.73.